The van der Waals surface area contributed by atoms with Crippen LogP contribution < -0.4 is 5.32 Å². The van der Waals surface area contributed by atoms with Gasteiger partial charge in [-0.05, 0) is 37.0 Å². The van der Waals surface area contributed by atoms with Crippen molar-refractivity contribution in [3.05, 3.63) is 36.0 Å². The number of nitrogens with one attached hydrogen (secondary N) is 2. The molecule has 1 atom stereocenters. The summed E-state index contributed by atoms with van der Waals surface area (Å²) in [5, 5.41) is 4.23. The highest BCUT2D eigenvalue weighted by Crippen LogP contribution is 2.28. The Morgan fingerprint density at radius 1 is 1.20 bits per heavy atom. The van der Waals surface area contributed by atoms with E-state index in [2.05, 4.69) is 10.3 Å². The fourth-order valence-corrected chi connectivity index (χ4v) is 4.29. The Hall–Kier alpha value is -2.30. The number of aromatic nitrogens is 1. The third-order valence-corrected chi connectivity index (χ3v) is 5.72. The van der Waals surface area contributed by atoms with Crippen LogP contribution in [0, 0.1) is 5.92 Å². The lowest BCUT2D eigenvalue weighted by molar-refractivity contribution is -0.140. The molecule has 0 spiro atoms. The predicted molar refractivity (Wildman–Crippen MR) is 96.8 cm³/mol. The number of piperidine rings is 1. The third kappa shape index (κ3) is 3.28. The Kier molecular flexibility index (Phi) is 4.47. The van der Waals surface area contributed by atoms with Gasteiger partial charge in [-0.1, -0.05) is 25.0 Å². The van der Waals surface area contributed by atoms with Gasteiger partial charge in [0.05, 0.1) is 5.92 Å². The van der Waals surface area contributed by atoms with Gasteiger partial charge in [0.1, 0.15) is 0 Å². The summed E-state index contributed by atoms with van der Waals surface area (Å²) < 4.78 is 0. The minimum absolute atomic E-state index is 0.0723. The number of hydrogen-bond acceptors (Lipinski definition) is 2. The van der Waals surface area contributed by atoms with E-state index >= 15 is 0 Å². The number of aromatic amines is 1. The first kappa shape index (κ1) is 16.2. The molecule has 1 saturated heterocycles. The molecule has 1 aliphatic heterocycles. The molecule has 5 nitrogen and oxygen atoms in total. The van der Waals surface area contributed by atoms with Crippen LogP contribution in [0.15, 0.2) is 30.5 Å². The lowest BCUT2D eigenvalue weighted by Gasteiger charge is -2.36. The number of carbonyl (C=O) groups is 2. The Labute approximate surface area is 147 Å². The fraction of sp³-hybridized carbons (Fsp3) is 0.500. The molecular formula is C20H25N3O2. The second-order valence-corrected chi connectivity index (χ2v) is 7.29. The highest BCUT2D eigenvalue weighted by molar-refractivity contribution is 5.85. The number of nitrogens with zero attached hydrogens (tertiary/aromatic N) is 1. The zero-order valence-corrected chi connectivity index (χ0v) is 14.5. The van der Waals surface area contributed by atoms with Gasteiger partial charge in [0.25, 0.3) is 0 Å². The number of hydrogen-bond donors (Lipinski definition) is 2. The van der Waals surface area contributed by atoms with E-state index in [9.17, 15) is 9.59 Å². The number of carbonyl (C=O) groups excluding carboxylic acids is 2. The summed E-state index contributed by atoms with van der Waals surface area (Å²) in [6, 6.07) is 8.48. The van der Waals surface area contributed by atoms with Crippen LogP contribution in [-0.4, -0.2) is 34.3 Å². The monoisotopic (exact) mass is 339 g/mol. The maximum absolute atomic E-state index is 12.7. The lowest BCUT2D eigenvalue weighted by atomic mass is 9.94. The van der Waals surface area contributed by atoms with Gasteiger partial charge in [-0.15, -0.1) is 0 Å². The van der Waals surface area contributed by atoms with Crippen molar-refractivity contribution in [3.8, 4) is 0 Å². The highest BCUT2D eigenvalue weighted by atomic mass is 16.2. The van der Waals surface area contributed by atoms with Gasteiger partial charge in [-0.3, -0.25) is 9.59 Å². The Balaban J connectivity index is 1.39. The van der Waals surface area contributed by atoms with Crippen LogP contribution in [0.2, 0.25) is 0 Å². The quantitative estimate of drug-likeness (QED) is 0.899. The molecule has 1 saturated carbocycles. The van der Waals surface area contributed by atoms with Gasteiger partial charge < -0.3 is 15.2 Å². The summed E-state index contributed by atoms with van der Waals surface area (Å²) >= 11 is 0. The number of amides is 2. The van der Waals surface area contributed by atoms with Crippen LogP contribution in [0.1, 0.15) is 44.1 Å². The molecule has 4 rings (SSSR count). The molecule has 2 aromatic rings. The lowest BCUT2D eigenvalue weighted by Crippen LogP contribution is -2.49. The summed E-state index contributed by atoms with van der Waals surface area (Å²) in [6.07, 6.45) is 7.68. The van der Waals surface area contributed by atoms with Gasteiger partial charge in [-0.25, -0.2) is 0 Å². The topological polar surface area (TPSA) is 65.2 Å². The van der Waals surface area contributed by atoms with Crippen molar-refractivity contribution in [3.63, 3.8) is 0 Å². The van der Waals surface area contributed by atoms with Crippen LogP contribution in [0.3, 0.4) is 0 Å². The molecule has 0 radical (unpaired) electrons. The summed E-state index contributed by atoms with van der Waals surface area (Å²) in [5.41, 5.74) is 2.20. The molecule has 2 N–H and O–H groups in total. The van der Waals surface area contributed by atoms with E-state index in [1.54, 1.807) is 0 Å². The maximum atomic E-state index is 12.7. The molecule has 1 unspecified atom stereocenters. The largest absolute Gasteiger partial charge is 0.361 e. The minimum Gasteiger partial charge on any atom is -0.361 e. The number of H-pyrrole nitrogens is 1. The van der Waals surface area contributed by atoms with Gasteiger partial charge in [-0.2, -0.15) is 0 Å². The van der Waals surface area contributed by atoms with E-state index in [4.69, 9.17) is 0 Å². The first-order valence-electron chi connectivity index (χ1n) is 9.34. The zero-order valence-electron chi connectivity index (χ0n) is 14.5. The van der Waals surface area contributed by atoms with Crippen molar-refractivity contribution < 1.29 is 9.59 Å². The molecular weight excluding hydrogens is 314 g/mol. The van der Waals surface area contributed by atoms with Gasteiger partial charge >= 0.3 is 0 Å². The molecule has 2 amide bonds. The van der Waals surface area contributed by atoms with Crippen molar-refractivity contribution in [2.45, 2.75) is 51.1 Å². The van der Waals surface area contributed by atoms with E-state index in [1.807, 2.05) is 35.4 Å². The Morgan fingerprint density at radius 2 is 2.04 bits per heavy atom. The van der Waals surface area contributed by atoms with Crippen molar-refractivity contribution in [1.82, 2.24) is 15.2 Å². The molecule has 25 heavy (non-hydrogen) atoms. The van der Waals surface area contributed by atoms with Crippen molar-refractivity contribution in [2.24, 2.45) is 5.92 Å². The van der Waals surface area contributed by atoms with Crippen molar-refractivity contribution in [1.29, 1.82) is 0 Å². The number of rotatable bonds is 4. The molecule has 2 fully saturated rings. The van der Waals surface area contributed by atoms with Crippen LogP contribution in [0.4, 0.5) is 0 Å². The van der Waals surface area contributed by atoms with Gasteiger partial charge in [0.15, 0.2) is 0 Å². The Bertz CT molecular complexity index is 776. The highest BCUT2D eigenvalue weighted by Gasteiger charge is 2.35. The second kappa shape index (κ2) is 6.90. The molecule has 2 heterocycles. The van der Waals surface area contributed by atoms with Gasteiger partial charge in [0.2, 0.25) is 11.8 Å². The van der Waals surface area contributed by atoms with E-state index < -0.39 is 0 Å². The van der Waals surface area contributed by atoms with Crippen LogP contribution in [0.5, 0.6) is 0 Å². The van der Waals surface area contributed by atoms with Gasteiger partial charge in [0, 0.05) is 42.7 Å². The Morgan fingerprint density at radius 3 is 2.88 bits per heavy atom. The molecule has 1 aromatic carbocycles. The molecule has 1 aliphatic carbocycles. The summed E-state index contributed by atoms with van der Waals surface area (Å²) in [4.78, 5) is 30.1. The van der Waals surface area contributed by atoms with E-state index in [0.717, 1.165) is 29.3 Å². The van der Waals surface area contributed by atoms with Crippen molar-refractivity contribution >= 4 is 22.7 Å². The first-order valence-corrected chi connectivity index (χ1v) is 9.34. The van der Waals surface area contributed by atoms with E-state index in [0.29, 0.717) is 32.0 Å². The van der Waals surface area contributed by atoms with Crippen molar-refractivity contribution in [2.75, 3.05) is 6.54 Å². The number of likely N-dealkylation sites (tertiary alicyclic amines) is 1. The summed E-state index contributed by atoms with van der Waals surface area (Å²) in [5.74, 6) is 0.222. The molecule has 0 bridgehead atoms. The average Bonchev–Trinajstić information content (AvgIpc) is 3.31. The molecule has 132 valence electrons. The molecule has 5 heteroatoms. The normalized spacial score (nSPS) is 21.8. The smallest absolute Gasteiger partial charge is 0.225 e. The number of fused-ring (bicyclic) bond motifs is 1. The van der Waals surface area contributed by atoms with E-state index in [-0.39, 0.29) is 17.7 Å². The average molecular weight is 339 g/mol. The van der Waals surface area contributed by atoms with Crippen LogP contribution >= 0.6 is 0 Å². The maximum Gasteiger partial charge on any atom is 0.225 e. The molecule has 1 aromatic heterocycles. The number of benzene rings is 1. The SMILES string of the molecule is O=C(NCc1cccc2[nH]ccc12)C1CCC(=O)N(C2CCCC2)C1. The summed E-state index contributed by atoms with van der Waals surface area (Å²) in [7, 11) is 0. The first-order chi connectivity index (χ1) is 12.2. The van der Waals surface area contributed by atoms with Crippen LogP contribution in [0.25, 0.3) is 10.9 Å². The third-order valence-electron chi connectivity index (χ3n) is 5.72. The zero-order chi connectivity index (χ0) is 17.2. The summed E-state index contributed by atoms with van der Waals surface area (Å²) in [6.45, 7) is 1.12. The fourth-order valence-electron chi connectivity index (χ4n) is 4.29. The second-order valence-electron chi connectivity index (χ2n) is 7.29. The predicted octanol–water partition coefficient (Wildman–Crippen LogP) is 2.97. The van der Waals surface area contributed by atoms with Crippen LogP contribution in [-0.2, 0) is 16.1 Å². The molecule has 2 aliphatic rings. The minimum atomic E-state index is -0.0799. The standard InChI is InChI=1S/C20H25N3O2/c24-19-9-8-15(13-23(19)16-5-1-2-6-16)20(25)22-12-14-4-3-7-18-17(14)10-11-21-18/h3-4,7,10-11,15-16,21H,1-2,5-6,8-9,12-13H2,(H,22,25). The van der Waals surface area contributed by atoms with E-state index in [1.165, 1.54) is 12.8 Å².